The molecular weight excluding hydrogens is 328 g/mol. The van der Waals surface area contributed by atoms with E-state index in [2.05, 4.69) is 27.7 Å². The van der Waals surface area contributed by atoms with Crippen LogP contribution in [0.2, 0.25) is 0 Å². The lowest BCUT2D eigenvalue weighted by molar-refractivity contribution is -0.301. The summed E-state index contributed by atoms with van der Waals surface area (Å²) in [5.74, 6) is 0.788. The van der Waals surface area contributed by atoms with Gasteiger partial charge in [0.15, 0.2) is 0 Å². The van der Waals surface area contributed by atoms with Gasteiger partial charge in [0, 0.05) is 0 Å². The minimum Gasteiger partial charge on any atom is -0.465 e. The molecule has 0 rings (SSSR count). The predicted octanol–water partition coefficient (Wildman–Crippen LogP) is 8.19. The van der Waals surface area contributed by atoms with Crippen LogP contribution < -0.4 is 0 Å². The lowest BCUT2D eigenvalue weighted by atomic mass is 10.1. The third kappa shape index (κ3) is 28.2. The maximum Gasteiger partial charge on any atom is 0.308 e. The predicted molar refractivity (Wildman–Crippen MR) is 123 cm³/mol. The second kappa shape index (κ2) is 35.5. The van der Waals surface area contributed by atoms with E-state index in [0.717, 1.165) is 25.7 Å². The Bertz CT molecular complexity index is 212. The SMILES string of the molecule is C.C.C.C.C.C.C.CCC(CC)COOCCC(=O)OCC(CC)CC. The van der Waals surface area contributed by atoms with Gasteiger partial charge in [-0.15, -0.1) is 0 Å². The Morgan fingerprint density at radius 2 is 1.04 bits per heavy atom. The van der Waals surface area contributed by atoms with Gasteiger partial charge >= 0.3 is 5.97 Å². The maximum absolute atomic E-state index is 11.4. The molecule has 0 saturated heterocycles. The number of hydrogen-bond acceptors (Lipinski definition) is 4. The Balaban J connectivity index is -0.0000000771. The molecule has 0 aromatic heterocycles. The average Bonchev–Trinajstić information content (AvgIpc) is 2.44. The number of carbonyl (C=O) groups is 1. The fourth-order valence-electron chi connectivity index (χ4n) is 1.66. The Morgan fingerprint density at radius 3 is 1.42 bits per heavy atom. The third-order valence-electron chi connectivity index (χ3n) is 3.57. The van der Waals surface area contributed by atoms with Gasteiger partial charge in [-0.25, -0.2) is 9.78 Å². The third-order valence-corrected chi connectivity index (χ3v) is 3.57. The first-order valence-electron chi connectivity index (χ1n) is 7.57. The molecule has 0 atom stereocenters. The van der Waals surface area contributed by atoms with Gasteiger partial charge in [0.2, 0.25) is 0 Å². The summed E-state index contributed by atoms with van der Waals surface area (Å²) < 4.78 is 5.18. The van der Waals surface area contributed by atoms with Gasteiger partial charge in [0.1, 0.15) is 0 Å². The van der Waals surface area contributed by atoms with Crippen LogP contribution in [0.25, 0.3) is 0 Å². The maximum atomic E-state index is 11.4. The van der Waals surface area contributed by atoms with Crippen LogP contribution in [0.1, 0.15) is 112 Å². The second-order valence-electron chi connectivity index (χ2n) is 4.90. The molecule has 0 unspecified atom stereocenters. The summed E-state index contributed by atoms with van der Waals surface area (Å²) in [5.41, 5.74) is 0. The zero-order valence-corrected chi connectivity index (χ0v) is 12.9. The summed E-state index contributed by atoms with van der Waals surface area (Å²) in [7, 11) is 0. The van der Waals surface area contributed by atoms with Gasteiger partial charge in [-0.2, -0.15) is 0 Å². The summed E-state index contributed by atoms with van der Waals surface area (Å²) in [6.07, 6.45) is 4.50. The van der Waals surface area contributed by atoms with E-state index in [-0.39, 0.29) is 71.0 Å². The molecule has 0 aliphatic heterocycles. The highest BCUT2D eigenvalue weighted by Crippen LogP contribution is 2.09. The van der Waals surface area contributed by atoms with Crippen molar-refractivity contribution in [1.29, 1.82) is 0 Å². The summed E-state index contributed by atoms with van der Waals surface area (Å²) >= 11 is 0. The second-order valence-corrected chi connectivity index (χ2v) is 4.90. The van der Waals surface area contributed by atoms with Crippen LogP contribution in [0.3, 0.4) is 0 Å². The molecular formula is C22H58O4. The summed E-state index contributed by atoms with van der Waals surface area (Å²) in [6.45, 7) is 9.85. The number of carbonyl (C=O) groups excluding carboxylic acids is 1. The molecule has 0 radical (unpaired) electrons. The molecule has 0 aromatic rings. The van der Waals surface area contributed by atoms with Gasteiger partial charge in [-0.3, -0.25) is 4.79 Å². The standard InChI is InChI=1S/C15H30O4.7CH4/c1-5-13(6-2)11-17-15(16)9-10-18-19-12-14(7-3)8-4;;;;;;;/h13-14H,5-12H2,1-4H3;7*1H4. The molecule has 4 heteroatoms. The van der Waals surface area contributed by atoms with Crippen LogP contribution in [-0.2, 0) is 19.3 Å². The zero-order chi connectivity index (χ0) is 14.5. The lowest BCUT2D eigenvalue weighted by Gasteiger charge is -2.13. The van der Waals surface area contributed by atoms with Crippen molar-refractivity contribution in [2.75, 3.05) is 19.8 Å². The highest BCUT2D eigenvalue weighted by Gasteiger charge is 2.09. The molecule has 170 valence electrons. The summed E-state index contributed by atoms with van der Waals surface area (Å²) in [4.78, 5) is 21.5. The van der Waals surface area contributed by atoms with Crippen molar-refractivity contribution in [3.8, 4) is 0 Å². The van der Waals surface area contributed by atoms with Gasteiger partial charge in [-0.05, 0) is 11.8 Å². The fraction of sp³-hybridized carbons (Fsp3) is 0.955. The minimum atomic E-state index is -0.210. The van der Waals surface area contributed by atoms with Crippen LogP contribution in [0.15, 0.2) is 0 Å². The monoisotopic (exact) mass is 386 g/mol. The van der Waals surface area contributed by atoms with E-state index < -0.39 is 0 Å². The van der Waals surface area contributed by atoms with Crippen molar-refractivity contribution < 1.29 is 19.3 Å². The van der Waals surface area contributed by atoms with Crippen molar-refractivity contribution >= 4 is 5.97 Å². The molecule has 26 heavy (non-hydrogen) atoms. The van der Waals surface area contributed by atoms with Crippen molar-refractivity contribution in [3.05, 3.63) is 0 Å². The normalized spacial score (nSPS) is 8.23. The average molecular weight is 387 g/mol. The van der Waals surface area contributed by atoms with Crippen molar-refractivity contribution in [3.63, 3.8) is 0 Å². The van der Waals surface area contributed by atoms with E-state index in [1.807, 2.05) is 0 Å². The first kappa shape index (κ1) is 49.9. The molecule has 0 aliphatic rings. The lowest BCUT2D eigenvalue weighted by Crippen LogP contribution is -2.15. The molecule has 0 fully saturated rings. The van der Waals surface area contributed by atoms with Gasteiger partial charge < -0.3 is 4.74 Å². The van der Waals surface area contributed by atoms with Crippen LogP contribution in [0.4, 0.5) is 0 Å². The Morgan fingerprint density at radius 1 is 0.654 bits per heavy atom. The van der Waals surface area contributed by atoms with E-state index in [9.17, 15) is 4.79 Å². The van der Waals surface area contributed by atoms with E-state index in [1.54, 1.807) is 0 Å². The first-order valence-corrected chi connectivity index (χ1v) is 7.57. The quantitative estimate of drug-likeness (QED) is 0.147. The molecule has 0 bridgehead atoms. The molecule has 0 aromatic carbocycles. The van der Waals surface area contributed by atoms with Crippen LogP contribution in [-0.4, -0.2) is 25.8 Å². The van der Waals surface area contributed by atoms with Crippen LogP contribution in [0, 0.1) is 11.8 Å². The van der Waals surface area contributed by atoms with Gasteiger partial charge in [0.05, 0.1) is 26.2 Å². The van der Waals surface area contributed by atoms with Crippen LogP contribution >= 0.6 is 0 Å². The summed E-state index contributed by atoms with van der Waals surface area (Å²) in [6, 6.07) is 0. The highest BCUT2D eigenvalue weighted by molar-refractivity contribution is 5.69. The zero-order valence-electron chi connectivity index (χ0n) is 12.9. The fourth-order valence-corrected chi connectivity index (χ4v) is 1.66. The van der Waals surface area contributed by atoms with Crippen molar-refractivity contribution in [2.24, 2.45) is 11.8 Å². The van der Waals surface area contributed by atoms with E-state index in [1.165, 1.54) is 0 Å². The Hall–Kier alpha value is -0.610. The van der Waals surface area contributed by atoms with Crippen molar-refractivity contribution in [1.82, 2.24) is 0 Å². The molecule has 0 aliphatic carbocycles. The largest absolute Gasteiger partial charge is 0.465 e. The minimum absolute atomic E-state index is 0. The molecule has 0 amide bonds. The van der Waals surface area contributed by atoms with E-state index in [0.29, 0.717) is 25.0 Å². The Labute approximate surface area is 169 Å². The highest BCUT2D eigenvalue weighted by atomic mass is 17.2. The van der Waals surface area contributed by atoms with E-state index in [4.69, 9.17) is 14.5 Å². The topological polar surface area (TPSA) is 44.8 Å². The number of rotatable bonds is 12. The molecule has 0 saturated carbocycles. The number of esters is 1. The number of hydrogen-bond donors (Lipinski definition) is 0. The summed E-state index contributed by atoms with van der Waals surface area (Å²) in [5, 5.41) is 0. The Kier molecular flexibility index (Phi) is 68.2. The smallest absolute Gasteiger partial charge is 0.308 e. The first-order chi connectivity index (χ1) is 9.17. The van der Waals surface area contributed by atoms with Crippen LogP contribution in [0.5, 0.6) is 0 Å². The van der Waals surface area contributed by atoms with E-state index >= 15 is 0 Å². The molecule has 0 N–H and O–H groups in total. The van der Waals surface area contributed by atoms with Gasteiger partial charge in [-0.1, -0.05) is 105 Å². The number of ether oxygens (including phenoxy) is 1. The molecule has 0 heterocycles. The molecule has 0 spiro atoms. The van der Waals surface area contributed by atoms with Gasteiger partial charge in [0.25, 0.3) is 0 Å². The van der Waals surface area contributed by atoms with Crippen molar-refractivity contribution in [2.45, 2.75) is 112 Å². The molecule has 4 nitrogen and oxygen atoms in total.